The number of Topliss-reactive ketones (excluding diaryl/α,β-unsaturated/α-hetero) is 2. The van der Waals surface area contributed by atoms with Crippen molar-refractivity contribution in [3.63, 3.8) is 0 Å². The number of nitrogens with zero attached hydrogens (tertiary/aromatic N) is 1. The highest BCUT2D eigenvalue weighted by atomic mass is 32.2. The molecule has 0 bridgehead atoms. The Balaban J connectivity index is 1.06. The van der Waals surface area contributed by atoms with Crippen LogP contribution in [0.25, 0.3) is 22.3 Å². The molecule has 13 nitrogen and oxygen atoms in total. The normalized spacial score (nSPS) is 12.9. The van der Waals surface area contributed by atoms with Gasteiger partial charge in [0.05, 0.1) is 63.5 Å². The number of aryl methyl sites for hydroxylation is 1. The Hall–Kier alpha value is -4.96. The van der Waals surface area contributed by atoms with E-state index >= 15 is 0 Å². The van der Waals surface area contributed by atoms with Crippen molar-refractivity contribution in [1.82, 2.24) is 5.32 Å². The molecule has 0 saturated heterocycles. The molecule has 15 heteroatoms. The molecule has 1 fully saturated rings. The topological polar surface area (TPSA) is 179 Å². The summed E-state index contributed by atoms with van der Waals surface area (Å²) in [5, 5.41) is 11.9. The number of aliphatic carboxylic acids is 1. The number of amides is 1. The Labute approximate surface area is 318 Å². The number of anilines is 1. The summed E-state index contributed by atoms with van der Waals surface area (Å²) in [5.41, 5.74) is 3.62. The molecule has 4 aromatic rings. The summed E-state index contributed by atoms with van der Waals surface area (Å²) in [6.07, 6.45) is 4.50. The summed E-state index contributed by atoms with van der Waals surface area (Å²) in [7, 11) is -2.23. The van der Waals surface area contributed by atoms with Crippen LogP contribution in [0, 0.1) is 5.82 Å². The van der Waals surface area contributed by atoms with Crippen LogP contribution in [0.2, 0.25) is 0 Å². The zero-order valence-corrected chi connectivity index (χ0v) is 31.6. The summed E-state index contributed by atoms with van der Waals surface area (Å²) in [4.78, 5) is 47.3. The van der Waals surface area contributed by atoms with E-state index in [-0.39, 0.29) is 44.0 Å². The van der Waals surface area contributed by atoms with Gasteiger partial charge in [0.2, 0.25) is 15.8 Å². The van der Waals surface area contributed by atoms with Crippen LogP contribution < -0.4 is 9.62 Å². The standard InChI is InChI=1S/C40H45FN2O11S/c1-42-39(46)37-32-23-31(27-9-10-27)33(24-36(32)54-38(37)28-11-13-30(41)14-12-28)43(55(2,49)50)15-17-52-19-21-53-20-18-51-16-4-3-6-26-7-5-8-29(22-26)34(44)25-35(45)40(47)48/h5,7-8,11-14,22-24,27H,3-4,6,9-10,15-21,25H2,1-2H3,(H,42,46)(H,47,48). The number of rotatable bonds is 23. The highest BCUT2D eigenvalue weighted by molar-refractivity contribution is 7.92. The van der Waals surface area contributed by atoms with Crippen molar-refractivity contribution in [3.8, 4) is 11.3 Å². The minimum atomic E-state index is -3.74. The number of fused-ring (bicyclic) bond motifs is 1. The first-order valence-electron chi connectivity index (χ1n) is 18.0. The lowest BCUT2D eigenvalue weighted by Gasteiger charge is -2.25. The first kappa shape index (κ1) is 41.2. The van der Waals surface area contributed by atoms with Gasteiger partial charge in [-0.1, -0.05) is 18.2 Å². The number of furan rings is 1. The van der Waals surface area contributed by atoms with Crippen molar-refractivity contribution in [3.05, 3.63) is 88.7 Å². The molecule has 3 aromatic carbocycles. The monoisotopic (exact) mass is 780 g/mol. The minimum Gasteiger partial charge on any atom is -0.475 e. The maximum absolute atomic E-state index is 13.7. The van der Waals surface area contributed by atoms with Gasteiger partial charge in [-0.05, 0) is 85.5 Å². The van der Waals surface area contributed by atoms with Crippen LogP contribution in [0.3, 0.4) is 0 Å². The molecule has 5 rings (SSSR count). The van der Waals surface area contributed by atoms with Crippen LogP contribution in [-0.4, -0.2) is 96.5 Å². The fourth-order valence-electron chi connectivity index (χ4n) is 6.15. The number of hydrogen-bond acceptors (Lipinski definition) is 10. The van der Waals surface area contributed by atoms with Crippen LogP contribution in [0.1, 0.15) is 69.9 Å². The molecule has 55 heavy (non-hydrogen) atoms. The third kappa shape index (κ3) is 11.3. The van der Waals surface area contributed by atoms with Gasteiger partial charge in [-0.15, -0.1) is 0 Å². The van der Waals surface area contributed by atoms with E-state index in [2.05, 4.69) is 5.32 Å². The van der Waals surface area contributed by atoms with Crippen LogP contribution in [0.15, 0.2) is 65.1 Å². The van der Waals surface area contributed by atoms with E-state index in [0.29, 0.717) is 59.6 Å². The average molecular weight is 781 g/mol. The molecule has 1 aliphatic rings. The second-order valence-corrected chi connectivity index (χ2v) is 15.1. The largest absolute Gasteiger partial charge is 0.475 e. The Morgan fingerprint density at radius 2 is 1.58 bits per heavy atom. The number of ketones is 2. The molecule has 1 aromatic heterocycles. The molecule has 1 amide bonds. The highest BCUT2D eigenvalue weighted by Crippen LogP contribution is 2.48. The predicted molar refractivity (Wildman–Crippen MR) is 203 cm³/mol. The lowest BCUT2D eigenvalue weighted by Crippen LogP contribution is -2.34. The number of carbonyl (C=O) groups is 4. The van der Waals surface area contributed by atoms with Gasteiger partial charge in [-0.2, -0.15) is 0 Å². The maximum Gasteiger partial charge on any atom is 0.372 e. The molecule has 0 spiro atoms. The van der Waals surface area contributed by atoms with Crippen LogP contribution in [-0.2, 0) is 40.2 Å². The zero-order chi connectivity index (χ0) is 39.5. The number of ether oxygens (including phenoxy) is 3. The summed E-state index contributed by atoms with van der Waals surface area (Å²) in [6, 6.07) is 15.9. The number of sulfonamides is 1. The lowest BCUT2D eigenvalue weighted by atomic mass is 10.0. The van der Waals surface area contributed by atoms with Crippen LogP contribution >= 0.6 is 0 Å². The molecule has 2 N–H and O–H groups in total. The SMILES string of the molecule is CNC(=O)c1c(-c2ccc(F)cc2)oc2cc(N(CCOCCOCCOCCCCc3cccc(C(=O)CC(=O)C(=O)O)c3)S(C)(=O)=O)c(C3CC3)cc12. The van der Waals surface area contributed by atoms with E-state index in [0.717, 1.165) is 43.1 Å². The van der Waals surface area contributed by atoms with Crippen LogP contribution in [0.4, 0.5) is 10.1 Å². The van der Waals surface area contributed by atoms with Crippen molar-refractivity contribution >= 4 is 50.1 Å². The van der Waals surface area contributed by atoms with Crippen molar-refractivity contribution in [2.45, 2.75) is 44.4 Å². The van der Waals surface area contributed by atoms with E-state index in [1.165, 1.54) is 35.6 Å². The number of carboxylic acids is 1. The van der Waals surface area contributed by atoms with E-state index in [4.69, 9.17) is 23.7 Å². The van der Waals surface area contributed by atoms with Crippen molar-refractivity contribution in [2.24, 2.45) is 0 Å². The Morgan fingerprint density at radius 1 is 0.909 bits per heavy atom. The van der Waals surface area contributed by atoms with Gasteiger partial charge in [0.1, 0.15) is 17.2 Å². The van der Waals surface area contributed by atoms with E-state index in [1.54, 1.807) is 24.3 Å². The van der Waals surface area contributed by atoms with E-state index in [1.807, 2.05) is 12.1 Å². The van der Waals surface area contributed by atoms with Gasteiger partial charge in [0.15, 0.2) is 5.78 Å². The van der Waals surface area contributed by atoms with Gasteiger partial charge >= 0.3 is 5.97 Å². The molecule has 294 valence electrons. The number of benzene rings is 3. The molecule has 0 atom stereocenters. The summed E-state index contributed by atoms with van der Waals surface area (Å²) >= 11 is 0. The molecular formula is C40H45FN2O11S. The Morgan fingerprint density at radius 3 is 2.22 bits per heavy atom. The van der Waals surface area contributed by atoms with Crippen LogP contribution in [0.5, 0.6) is 0 Å². The highest BCUT2D eigenvalue weighted by Gasteiger charge is 2.33. The third-order valence-electron chi connectivity index (χ3n) is 9.08. The van der Waals surface area contributed by atoms with Gasteiger partial charge in [-0.3, -0.25) is 18.7 Å². The molecule has 0 unspecified atom stereocenters. The number of carboxylic acid groups (broad SMARTS) is 1. The second-order valence-electron chi connectivity index (χ2n) is 13.2. The third-order valence-corrected chi connectivity index (χ3v) is 10.3. The van der Waals surface area contributed by atoms with Crippen molar-refractivity contribution < 1.29 is 55.7 Å². The Kier molecular flexibility index (Phi) is 14.3. The van der Waals surface area contributed by atoms with Crippen molar-refractivity contribution in [1.29, 1.82) is 0 Å². The van der Waals surface area contributed by atoms with E-state index in [9.17, 15) is 32.0 Å². The zero-order valence-electron chi connectivity index (χ0n) is 30.8. The number of carbonyl (C=O) groups excluding carboxylic acids is 3. The minimum absolute atomic E-state index is 0.0476. The number of halogens is 1. The first-order chi connectivity index (χ1) is 26.4. The average Bonchev–Trinajstić information content (AvgIpc) is 3.94. The van der Waals surface area contributed by atoms with Gasteiger partial charge < -0.3 is 29.1 Å². The molecular weight excluding hydrogens is 736 g/mol. The first-order valence-corrected chi connectivity index (χ1v) is 19.9. The number of unbranched alkanes of at least 4 members (excludes halogenated alkanes) is 1. The summed E-state index contributed by atoms with van der Waals surface area (Å²) in [6.45, 7) is 1.93. The number of nitrogens with one attached hydrogen (secondary N) is 1. The predicted octanol–water partition coefficient (Wildman–Crippen LogP) is 5.54. The van der Waals surface area contributed by atoms with Gasteiger partial charge in [0.25, 0.3) is 5.91 Å². The maximum atomic E-state index is 13.7. The quantitative estimate of drug-likeness (QED) is 0.0418. The van der Waals surface area contributed by atoms with E-state index < -0.39 is 39.8 Å². The molecule has 0 aliphatic heterocycles. The van der Waals surface area contributed by atoms with Gasteiger partial charge in [-0.25, -0.2) is 17.6 Å². The van der Waals surface area contributed by atoms with Gasteiger partial charge in [0, 0.05) is 36.2 Å². The summed E-state index contributed by atoms with van der Waals surface area (Å²) in [5.74, 6) is -3.69. The molecule has 1 saturated carbocycles. The molecule has 1 aliphatic carbocycles. The fourth-order valence-corrected chi connectivity index (χ4v) is 7.07. The molecule has 1 heterocycles. The smallest absolute Gasteiger partial charge is 0.372 e. The Bertz CT molecular complexity index is 2110. The second kappa shape index (κ2) is 19.1. The lowest BCUT2D eigenvalue weighted by molar-refractivity contribution is -0.148. The van der Waals surface area contributed by atoms with Crippen molar-refractivity contribution in [2.75, 3.05) is 63.8 Å². The summed E-state index contributed by atoms with van der Waals surface area (Å²) < 4.78 is 64.3. The molecule has 0 radical (unpaired) electrons. The number of hydrogen-bond donors (Lipinski definition) is 2. The fraction of sp³-hybridized carbons (Fsp3) is 0.400.